The van der Waals surface area contributed by atoms with Gasteiger partial charge in [0.25, 0.3) is 0 Å². The van der Waals surface area contributed by atoms with E-state index in [1.807, 2.05) is 18.2 Å². The van der Waals surface area contributed by atoms with Gasteiger partial charge in [0, 0.05) is 6.42 Å². The van der Waals surface area contributed by atoms with Crippen LogP contribution in [0.1, 0.15) is 187 Å². The Morgan fingerprint density at radius 3 is 1.34 bits per heavy atom. The molecule has 2 aliphatic rings. The molecule has 0 bridgehead atoms. The molecule has 2 fully saturated rings. The van der Waals surface area contributed by atoms with Crippen LogP contribution in [0.25, 0.3) is 0 Å². The van der Waals surface area contributed by atoms with E-state index < -0.39 is 99.3 Å². The van der Waals surface area contributed by atoms with Gasteiger partial charge in [-0.05, 0) is 38.5 Å². The maximum Gasteiger partial charge on any atom is 0.310 e. The molecule has 7 N–H and O–H groups in total. The topological polar surface area (TPSA) is 231 Å². The highest BCUT2D eigenvalue weighted by molar-refractivity contribution is 5.71. The van der Waals surface area contributed by atoms with Gasteiger partial charge in [0.15, 0.2) is 18.7 Å². The van der Waals surface area contributed by atoms with Crippen molar-refractivity contribution >= 4 is 11.9 Å². The van der Waals surface area contributed by atoms with Crippen molar-refractivity contribution in [2.24, 2.45) is 0 Å². The maximum absolute atomic E-state index is 13.0. The molecule has 2 rings (SSSR count). The fourth-order valence-electron chi connectivity index (χ4n) is 8.35. The summed E-state index contributed by atoms with van der Waals surface area (Å²) in [6.07, 6.45) is 32.8. The monoisotopic (exact) mass is 1010 g/mol. The van der Waals surface area contributed by atoms with Gasteiger partial charge in [-0.2, -0.15) is 0 Å². The van der Waals surface area contributed by atoms with Crippen LogP contribution in [0, 0.1) is 0 Å². The minimum atomic E-state index is -1.78. The molecule has 0 aromatic rings. The highest BCUT2D eigenvalue weighted by Gasteiger charge is 2.47. The van der Waals surface area contributed by atoms with Crippen molar-refractivity contribution in [1.29, 1.82) is 0 Å². The molecule has 11 unspecified atom stereocenters. The number of hydrogen-bond acceptors (Lipinski definition) is 15. The molecule has 2 aliphatic heterocycles. The zero-order valence-corrected chi connectivity index (χ0v) is 43.4. The van der Waals surface area contributed by atoms with E-state index in [9.17, 15) is 45.3 Å². The summed E-state index contributed by atoms with van der Waals surface area (Å²) in [5.41, 5.74) is 0. The van der Waals surface area contributed by atoms with Gasteiger partial charge in [-0.15, -0.1) is 0 Å². The first-order chi connectivity index (χ1) is 34.5. The normalized spacial score (nSPS) is 25.6. The fraction of sp³-hybridized carbons (Fsp3) is 0.786. The van der Waals surface area contributed by atoms with E-state index in [1.54, 1.807) is 6.08 Å². The number of unbranched alkanes of at least 4 members (excludes halogenated alkanes) is 19. The smallest absolute Gasteiger partial charge is 0.310 e. The predicted octanol–water partition coefficient (Wildman–Crippen LogP) is 8.44. The van der Waals surface area contributed by atoms with Crippen molar-refractivity contribution in [3.05, 3.63) is 60.8 Å². The summed E-state index contributed by atoms with van der Waals surface area (Å²) in [6.45, 7) is 2.39. The molecule has 0 aliphatic carbocycles. The molecule has 71 heavy (non-hydrogen) atoms. The van der Waals surface area contributed by atoms with E-state index in [1.165, 1.54) is 103 Å². The Labute approximate surface area is 426 Å². The molecule has 0 aromatic carbocycles. The first-order valence-electron chi connectivity index (χ1n) is 27.4. The van der Waals surface area contributed by atoms with E-state index in [4.69, 9.17) is 28.4 Å². The number of carbonyl (C=O) groups is 2. The Morgan fingerprint density at radius 2 is 0.873 bits per heavy atom. The van der Waals surface area contributed by atoms with Gasteiger partial charge in [-0.3, -0.25) is 9.59 Å². The summed E-state index contributed by atoms with van der Waals surface area (Å²) in [5, 5.41) is 72.1. The average molecular weight is 1010 g/mol. The van der Waals surface area contributed by atoms with Crippen LogP contribution in [0.15, 0.2) is 60.8 Å². The van der Waals surface area contributed by atoms with Gasteiger partial charge < -0.3 is 64.2 Å². The Hall–Kier alpha value is -2.80. The second-order valence-corrected chi connectivity index (χ2v) is 19.1. The molecule has 15 heteroatoms. The summed E-state index contributed by atoms with van der Waals surface area (Å²) < 4.78 is 33.5. The molecule has 0 aromatic heterocycles. The average Bonchev–Trinajstić information content (AvgIpc) is 3.36. The number of hydrogen-bond donors (Lipinski definition) is 7. The molecule has 0 radical (unpaired) electrons. The number of esters is 2. The number of rotatable bonds is 42. The highest BCUT2D eigenvalue weighted by Crippen LogP contribution is 2.26. The third-order valence-electron chi connectivity index (χ3n) is 12.8. The molecule has 410 valence electrons. The van der Waals surface area contributed by atoms with Crippen LogP contribution in [0.3, 0.4) is 0 Å². The van der Waals surface area contributed by atoms with Crippen LogP contribution < -0.4 is 0 Å². The number of aliphatic hydroxyl groups excluding tert-OH is 7. The summed E-state index contributed by atoms with van der Waals surface area (Å²) in [7, 11) is 0. The molecule has 2 saturated heterocycles. The SMILES string of the molecule is CC/C=C\C/C=C\C/C=C\C/C=C\C/C=C\CC(=O)OC(COC(=O)CCCCCCCCCCCCCCCCCCCCCC)COC1OC(COC2OC(CO)C(O)C(O)C2O)C(O)C(O)C1O. The fourth-order valence-corrected chi connectivity index (χ4v) is 8.35. The zero-order chi connectivity index (χ0) is 51.7. The summed E-state index contributed by atoms with van der Waals surface area (Å²) in [6, 6.07) is 0. The summed E-state index contributed by atoms with van der Waals surface area (Å²) in [5.74, 6) is -1.07. The minimum absolute atomic E-state index is 0.0673. The van der Waals surface area contributed by atoms with Gasteiger partial charge in [0.2, 0.25) is 0 Å². The van der Waals surface area contributed by atoms with E-state index in [-0.39, 0.29) is 19.4 Å². The van der Waals surface area contributed by atoms with Crippen LogP contribution in [0.5, 0.6) is 0 Å². The van der Waals surface area contributed by atoms with Crippen LogP contribution in [-0.4, -0.2) is 142 Å². The van der Waals surface area contributed by atoms with Crippen LogP contribution in [-0.2, 0) is 38.0 Å². The third kappa shape index (κ3) is 30.2. The molecular weight excluding hydrogens is 913 g/mol. The van der Waals surface area contributed by atoms with Crippen LogP contribution in [0.4, 0.5) is 0 Å². The van der Waals surface area contributed by atoms with Gasteiger partial charge >= 0.3 is 11.9 Å². The lowest BCUT2D eigenvalue weighted by Gasteiger charge is -2.42. The number of allylic oxidation sites excluding steroid dienone is 9. The second kappa shape index (κ2) is 42.5. The van der Waals surface area contributed by atoms with Gasteiger partial charge in [-0.1, -0.05) is 197 Å². The molecular formula is C56H96O15. The Bertz CT molecular complexity index is 1470. The first-order valence-corrected chi connectivity index (χ1v) is 27.4. The molecule has 0 spiro atoms. The second-order valence-electron chi connectivity index (χ2n) is 19.1. The number of aliphatic hydroxyl groups is 7. The minimum Gasteiger partial charge on any atom is -0.462 e. The van der Waals surface area contributed by atoms with E-state index in [2.05, 4.69) is 50.3 Å². The Kier molecular flexibility index (Phi) is 38.5. The van der Waals surface area contributed by atoms with Crippen molar-refractivity contribution in [2.45, 2.75) is 255 Å². The van der Waals surface area contributed by atoms with Crippen molar-refractivity contribution < 1.29 is 73.8 Å². The van der Waals surface area contributed by atoms with E-state index >= 15 is 0 Å². The highest BCUT2D eigenvalue weighted by atomic mass is 16.7. The third-order valence-corrected chi connectivity index (χ3v) is 12.8. The molecule has 0 saturated carbocycles. The number of ether oxygens (including phenoxy) is 6. The van der Waals surface area contributed by atoms with Crippen molar-refractivity contribution in [3.63, 3.8) is 0 Å². The Morgan fingerprint density at radius 1 is 0.465 bits per heavy atom. The molecule has 15 nitrogen and oxygen atoms in total. The van der Waals surface area contributed by atoms with Crippen LogP contribution in [0.2, 0.25) is 0 Å². The summed E-state index contributed by atoms with van der Waals surface area (Å²) >= 11 is 0. The standard InChI is InChI=1S/C56H96O15/c1-3-5-7-9-11-13-15-17-19-20-21-22-23-25-26-28-30-32-34-36-38-47(58)66-41-44(69-48(59)39-37-35-33-31-29-27-24-18-16-14-12-10-8-6-4-2)42-67-55-54(65)52(63)50(61)46(71-55)43-68-56-53(64)51(62)49(60)45(40-57)70-56/h6,8,12,14,18,24,29,31,35,37,44-46,49-57,60-65H,3-5,7,9-11,13,15-17,19-23,25-28,30,32-34,36,38-43H2,1-2H3/b8-6-,14-12-,24-18-,31-29-,37-35-. The van der Waals surface area contributed by atoms with E-state index in [0.29, 0.717) is 12.8 Å². The summed E-state index contributed by atoms with van der Waals surface area (Å²) in [4.78, 5) is 25.8. The van der Waals surface area contributed by atoms with Crippen molar-refractivity contribution in [1.82, 2.24) is 0 Å². The lowest BCUT2D eigenvalue weighted by molar-refractivity contribution is -0.332. The molecule has 0 amide bonds. The van der Waals surface area contributed by atoms with Crippen molar-refractivity contribution in [2.75, 3.05) is 26.4 Å². The lowest BCUT2D eigenvalue weighted by atomic mass is 9.98. The van der Waals surface area contributed by atoms with Crippen molar-refractivity contribution in [3.8, 4) is 0 Å². The van der Waals surface area contributed by atoms with E-state index in [0.717, 1.165) is 44.9 Å². The van der Waals surface area contributed by atoms with Gasteiger partial charge in [0.05, 0.1) is 26.2 Å². The molecule has 11 atom stereocenters. The largest absolute Gasteiger partial charge is 0.462 e. The first kappa shape index (κ1) is 64.3. The van der Waals surface area contributed by atoms with Gasteiger partial charge in [-0.25, -0.2) is 0 Å². The molecule has 2 heterocycles. The number of carbonyl (C=O) groups excluding carboxylic acids is 2. The Balaban J connectivity index is 1.79. The van der Waals surface area contributed by atoms with Gasteiger partial charge in [0.1, 0.15) is 55.4 Å². The quantitative estimate of drug-likeness (QED) is 0.0173. The maximum atomic E-state index is 13.0. The van der Waals surface area contributed by atoms with Crippen LogP contribution >= 0.6 is 0 Å². The predicted molar refractivity (Wildman–Crippen MR) is 275 cm³/mol. The lowest BCUT2D eigenvalue weighted by Crippen LogP contribution is -2.61. The zero-order valence-electron chi connectivity index (χ0n) is 43.4.